The molecular formula is C9H15NO2. The first-order chi connectivity index (χ1) is 5.65. The molecule has 0 aromatic carbocycles. The summed E-state index contributed by atoms with van der Waals surface area (Å²) in [5.41, 5.74) is 0. The topological polar surface area (TPSA) is 40.5 Å². The van der Waals surface area contributed by atoms with Crippen LogP contribution >= 0.6 is 0 Å². The van der Waals surface area contributed by atoms with Crippen molar-refractivity contribution >= 4 is 5.97 Å². The van der Waals surface area contributed by atoms with Crippen LogP contribution in [0.15, 0.2) is 12.7 Å². The van der Waals surface area contributed by atoms with Crippen molar-refractivity contribution in [1.82, 2.24) is 4.90 Å². The molecule has 1 aliphatic rings. The van der Waals surface area contributed by atoms with Gasteiger partial charge >= 0.3 is 5.97 Å². The molecule has 0 radical (unpaired) electrons. The summed E-state index contributed by atoms with van der Waals surface area (Å²) in [6.45, 7) is 5.78. The maximum Gasteiger partial charge on any atom is 0.317 e. The molecule has 0 aromatic heterocycles. The van der Waals surface area contributed by atoms with Gasteiger partial charge in [-0.3, -0.25) is 9.69 Å². The predicted molar refractivity (Wildman–Crippen MR) is 47.0 cm³/mol. The monoisotopic (exact) mass is 169 g/mol. The average Bonchev–Trinajstić information content (AvgIpc) is 2.81. The maximum absolute atomic E-state index is 10.5. The molecule has 3 heteroatoms. The van der Waals surface area contributed by atoms with Gasteiger partial charge in [-0.1, -0.05) is 6.08 Å². The Morgan fingerprint density at radius 2 is 2.42 bits per heavy atom. The molecule has 1 aliphatic carbocycles. The molecule has 1 fully saturated rings. The van der Waals surface area contributed by atoms with E-state index in [2.05, 4.69) is 6.58 Å². The Bertz CT molecular complexity index is 187. The molecular weight excluding hydrogens is 154 g/mol. The highest BCUT2D eigenvalue weighted by molar-refractivity contribution is 5.69. The van der Waals surface area contributed by atoms with Crippen molar-refractivity contribution in [2.45, 2.75) is 31.8 Å². The second kappa shape index (κ2) is 3.72. The van der Waals surface area contributed by atoms with E-state index < -0.39 is 5.97 Å². The Balaban J connectivity index is 2.47. The summed E-state index contributed by atoms with van der Waals surface area (Å²) in [4.78, 5) is 12.5. The SMILES string of the molecule is C=CC(C)N(CC(=O)O)C1CC1. The fraction of sp³-hybridized carbons (Fsp3) is 0.667. The van der Waals surface area contributed by atoms with Crippen LogP contribution in [0.1, 0.15) is 19.8 Å². The molecule has 3 nitrogen and oxygen atoms in total. The van der Waals surface area contributed by atoms with E-state index in [0.29, 0.717) is 6.04 Å². The number of rotatable bonds is 5. The highest BCUT2D eigenvalue weighted by atomic mass is 16.4. The van der Waals surface area contributed by atoms with Crippen LogP contribution in [0.3, 0.4) is 0 Å². The third-order valence-electron chi connectivity index (χ3n) is 2.20. The normalized spacial score (nSPS) is 19.2. The van der Waals surface area contributed by atoms with E-state index in [1.807, 2.05) is 11.8 Å². The van der Waals surface area contributed by atoms with Crippen LogP contribution in [0.5, 0.6) is 0 Å². The quantitative estimate of drug-likeness (QED) is 0.627. The number of carboxylic acids is 1. The lowest BCUT2D eigenvalue weighted by molar-refractivity contribution is -0.138. The van der Waals surface area contributed by atoms with Crippen molar-refractivity contribution < 1.29 is 9.90 Å². The molecule has 0 aromatic rings. The second-order valence-corrected chi connectivity index (χ2v) is 3.27. The van der Waals surface area contributed by atoms with E-state index in [4.69, 9.17) is 5.11 Å². The Morgan fingerprint density at radius 3 is 2.75 bits per heavy atom. The highest BCUT2D eigenvalue weighted by Crippen LogP contribution is 2.28. The van der Waals surface area contributed by atoms with Gasteiger partial charge in [0.15, 0.2) is 0 Å². The van der Waals surface area contributed by atoms with Gasteiger partial charge in [0.25, 0.3) is 0 Å². The van der Waals surface area contributed by atoms with Crippen molar-refractivity contribution in [3.63, 3.8) is 0 Å². The van der Waals surface area contributed by atoms with Gasteiger partial charge in [-0.2, -0.15) is 0 Å². The number of carbonyl (C=O) groups is 1. The maximum atomic E-state index is 10.5. The minimum absolute atomic E-state index is 0.137. The Labute approximate surface area is 72.7 Å². The van der Waals surface area contributed by atoms with Gasteiger partial charge in [-0.05, 0) is 19.8 Å². The molecule has 1 rings (SSSR count). The van der Waals surface area contributed by atoms with E-state index in [9.17, 15) is 4.79 Å². The smallest absolute Gasteiger partial charge is 0.317 e. The molecule has 0 heterocycles. The van der Waals surface area contributed by atoms with Gasteiger partial charge in [0.2, 0.25) is 0 Å². The van der Waals surface area contributed by atoms with Gasteiger partial charge < -0.3 is 5.11 Å². The Morgan fingerprint density at radius 1 is 1.83 bits per heavy atom. The molecule has 1 saturated carbocycles. The van der Waals surface area contributed by atoms with Gasteiger partial charge in [-0.15, -0.1) is 6.58 Å². The van der Waals surface area contributed by atoms with Crippen molar-refractivity contribution in [3.05, 3.63) is 12.7 Å². The van der Waals surface area contributed by atoms with Crippen molar-refractivity contribution in [2.24, 2.45) is 0 Å². The zero-order valence-corrected chi connectivity index (χ0v) is 7.36. The standard InChI is InChI=1S/C9H15NO2/c1-3-7(2)10(6-9(11)12)8-4-5-8/h3,7-8H,1,4-6H2,2H3,(H,11,12). The van der Waals surface area contributed by atoms with Crippen LogP contribution < -0.4 is 0 Å². The summed E-state index contributed by atoms with van der Waals surface area (Å²) in [5, 5.41) is 8.63. The molecule has 68 valence electrons. The second-order valence-electron chi connectivity index (χ2n) is 3.27. The van der Waals surface area contributed by atoms with Gasteiger partial charge in [0, 0.05) is 12.1 Å². The molecule has 0 spiro atoms. The molecule has 12 heavy (non-hydrogen) atoms. The summed E-state index contributed by atoms with van der Waals surface area (Å²) in [6, 6.07) is 0.655. The lowest BCUT2D eigenvalue weighted by atomic mass is 10.2. The lowest BCUT2D eigenvalue weighted by Gasteiger charge is -2.24. The Hall–Kier alpha value is -0.830. The zero-order chi connectivity index (χ0) is 9.14. The minimum atomic E-state index is -0.754. The van der Waals surface area contributed by atoms with Crippen LogP contribution in [-0.2, 0) is 4.79 Å². The van der Waals surface area contributed by atoms with Crippen molar-refractivity contribution in [3.8, 4) is 0 Å². The van der Waals surface area contributed by atoms with Crippen LogP contribution in [0.2, 0.25) is 0 Å². The fourth-order valence-corrected chi connectivity index (χ4v) is 1.30. The number of aliphatic carboxylic acids is 1. The lowest BCUT2D eigenvalue weighted by Crippen LogP contribution is -2.37. The van der Waals surface area contributed by atoms with Crippen molar-refractivity contribution in [1.29, 1.82) is 0 Å². The average molecular weight is 169 g/mol. The molecule has 1 atom stereocenters. The Kier molecular flexibility index (Phi) is 2.87. The first-order valence-corrected chi connectivity index (χ1v) is 4.25. The summed E-state index contributed by atoms with van der Waals surface area (Å²) in [7, 11) is 0. The van der Waals surface area contributed by atoms with Crippen molar-refractivity contribution in [2.75, 3.05) is 6.54 Å². The number of nitrogens with zero attached hydrogens (tertiary/aromatic N) is 1. The molecule has 0 bridgehead atoms. The van der Waals surface area contributed by atoms with Crippen LogP contribution in [-0.4, -0.2) is 34.6 Å². The van der Waals surface area contributed by atoms with E-state index in [0.717, 1.165) is 12.8 Å². The van der Waals surface area contributed by atoms with E-state index >= 15 is 0 Å². The third-order valence-corrected chi connectivity index (χ3v) is 2.20. The summed E-state index contributed by atoms with van der Waals surface area (Å²) in [5.74, 6) is -0.754. The molecule has 0 aliphatic heterocycles. The molecule has 0 saturated heterocycles. The van der Waals surface area contributed by atoms with E-state index in [-0.39, 0.29) is 12.6 Å². The first kappa shape index (κ1) is 9.26. The van der Waals surface area contributed by atoms with Gasteiger partial charge in [-0.25, -0.2) is 0 Å². The summed E-state index contributed by atoms with van der Waals surface area (Å²) < 4.78 is 0. The van der Waals surface area contributed by atoms with Gasteiger partial charge in [0.1, 0.15) is 0 Å². The third kappa shape index (κ3) is 2.34. The number of hydrogen-bond acceptors (Lipinski definition) is 2. The summed E-state index contributed by atoms with van der Waals surface area (Å²) in [6.07, 6.45) is 4.05. The minimum Gasteiger partial charge on any atom is -0.480 e. The molecule has 0 amide bonds. The van der Waals surface area contributed by atoms with Crippen LogP contribution in [0, 0.1) is 0 Å². The van der Waals surface area contributed by atoms with Crippen LogP contribution in [0.4, 0.5) is 0 Å². The van der Waals surface area contributed by atoms with E-state index in [1.165, 1.54) is 0 Å². The highest BCUT2D eigenvalue weighted by Gasteiger charge is 2.32. The first-order valence-electron chi connectivity index (χ1n) is 4.25. The fourth-order valence-electron chi connectivity index (χ4n) is 1.30. The van der Waals surface area contributed by atoms with Crippen LogP contribution in [0.25, 0.3) is 0 Å². The number of hydrogen-bond donors (Lipinski definition) is 1. The number of carboxylic acid groups (broad SMARTS) is 1. The van der Waals surface area contributed by atoms with Gasteiger partial charge in [0.05, 0.1) is 6.54 Å². The molecule has 1 unspecified atom stereocenters. The largest absolute Gasteiger partial charge is 0.480 e. The zero-order valence-electron chi connectivity index (χ0n) is 7.36. The van der Waals surface area contributed by atoms with E-state index in [1.54, 1.807) is 6.08 Å². The summed E-state index contributed by atoms with van der Waals surface area (Å²) >= 11 is 0. The predicted octanol–water partition coefficient (Wildman–Crippen LogP) is 1.11. The molecule has 1 N–H and O–H groups in total.